The highest BCUT2D eigenvalue weighted by molar-refractivity contribution is 5.82. The lowest BCUT2D eigenvalue weighted by molar-refractivity contribution is -0.129. The minimum atomic E-state index is 0.305. The highest BCUT2D eigenvalue weighted by Gasteiger charge is 2.38. The Morgan fingerprint density at radius 2 is 2.00 bits per heavy atom. The number of likely N-dealkylation sites (tertiary alicyclic amines) is 2. The summed E-state index contributed by atoms with van der Waals surface area (Å²) in [7, 11) is 2.29. The van der Waals surface area contributed by atoms with Gasteiger partial charge in [0.05, 0.1) is 0 Å². The van der Waals surface area contributed by atoms with Crippen LogP contribution in [0.2, 0.25) is 0 Å². The zero-order chi connectivity index (χ0) is 15.0. The molecule has 0 aromatic rings. The van der Waals surface area contributed by atoms with Crippen molar-refractivity contribution in [3.63, 3.8) is 0 Å². The topological polar surface area (TPSA) is 23.6 Å². The number of carbonyl (C=O) groups is 1. The number of nitrogens with zero attached hydrogens (tertiary/aromatic N) is 2. The summed E-state index contributed by atoms with van der Waals surface area (Å²) in [4.78, 5) is 17.6. The summed E-state index contributed by atoms with van der Waals surface area (Å²) in [6.45, 7) is 9.24. The van der Waals surface area contributed by atoms with E-state index in [0.29, 0.717) is 23.5 Å². The average molecular weight is 292 g/mol. The van der Waals surface area contributed by atoms with Gasteiger partial charge in [-0.1, -0.05) is 13.8 Å². The number of piperidine rings is 2. The van der Waals surface area contributed by atoms with Crippen LogP contribution in [0.3, 0.4) is 0 Å². The van der Waals surface area contributed by atoms with E-state index in [2.05, 4.69) is 30.7 Å². The summed E-state index contributed by atoms with van der Waals surface area (Å²) in [5.74, 6) is 2.85. The molecule has 3 fully saturated rings. The summed E-state index contributed by atoms with van der Waals surface area (Å²) in [5.41, 5.74) is 0. The van der Waals surface area contributed by atoms with Crippen molar-refractivity contribution >= 4 is 5.78 Å². The molecule has 3 aliphatic rings. The lowest BCUT2D eigenvalue weighted by Gasteiger charge is -2.47. The SMILES string of the molecule is CC1CC(=O)C(CN2CCC3C(CCCN3C)C2)C(C)C1. The predicted molar refractivity (Wildman–Crippen MR) is 86.3 cm³/mol. The average Bonchev–Trinajstić information content (AvgIpc) is 2.43. The molecule has 3 nitrogen and oxygen atoms in total. The van der Waals surface area contributed by atoms with Crippen LogP contribution in [-0.2, 0) is 4.79 Å². The van der Waals surface area contributed by atoms with E-state index in [4.69, 9.17) is 0 Å². The Labute approximate surface area is 130 Å². The van der Waals surface area contributed by atoms with Crippen LogP contribution in [0.25, 0.3) is 0 Å². The Morgan fingerprint density at radius 3 is 2.76 bits per heavy atom. The Morgan fingerprint density at radius 1 is 1.19 bits per heavy atom. The first-order valence-corrected chi connectivity index (χ1v) is 9.00. The first-order chi connectivity index (χ1) is 10.0. The van der Waals surface area contributed by atoms with E-state index >= 15 is 0 Å². The molecule has 0 spiro atoms. The maximum absolute atomic E-state index is 12.4. The van der Waals surface area contributed by atoms with Crippen molar-refractivity contribution in [2.45, 2.75) is 52.0 Å². The van der Waals surface area contributed by atoms with Crippen LogP contribution in [-0.4, -0.2) is 54.9 Å². The lowest BCUT2D eigenvalue weighted by Crippen LogP contribution is -2.54. The summed E-state index contributed by atoms with van der Waals surface area (Å²) in [5, 5.41) is 0. The summed E-state index contributed by atoms with van der Waals surface area (Å²) >= 11 is 0. The normalized spacial score (nSPS) is 42.8. The van der Waals surface area contributed by atoms with Gasteiger partial charge in [-0.05, 0) is 63.6 Å². The molecule has 0 aromatic heterocycles. The van der Waals surface area contributed by atoms with Gasteiger partial charge in [-0.2, -0.15) is 0 Å². The monoisotopic (exact) mass is 292 g/mol. The first kappa shape index (κ1) is 15.5. The summed E-state index contributed by atoms with van der Waals surface area (Å²) in [6.07, 6.45) is 6.09. The molecule has 2 aliphatic heterocycles. The second-order valence-corrected chi connectivity index (χ2v) is 8.09. The third kappa shape index (κ3) is 3.34. The molecule has 0 N–H and O–H groups in total. The Bertz CT molecular complexity index is 383. The molecule has 0 aromatic carbocycles. The molecule has 0 radical (unpaired) electrons. The second kappa shape index (κ2) is 6.37. The molecule has 1 aliphatic carbocycles. The van der Waals surface area contributed by atoms with Crippen LogP contribution in [0.4, 0.5) is 0 Å². The van der Waals surface area contributed by atoms with Crippen LogP contribution in [0.1, 0.15) is 46.0 Å². The molecular weight excluding hydrogens is 260 g/mol. The van der Waals surface area contributed by atoms with Gasteiger partial charge in [-0.3, -0.25) is 4.79 Å². The lowest BCUT2D eigenvalue weighted by atomic mass is 9.74. The third-order valence-corrected chi connectivity index (χ3v) is 6.31. The van der Waals surface area contributed by atoms with Gasteiger partial charge in [0.2, 0.25) is 0 Å². The number of ketones is 1. The fourth-order valence-corrected chi connectivity index (χ4v) is 5.15. The highest BCUT2D eigenvalue weighted by Crippen LogP contribution is 2.34. The van der Waals surface area contributed by atoms with Gasteiger partial charge in [-0.25, -0.2) is 0 Å². The molecule has 3 heteroatoms. The molecule has 0 bridgehead atoms. The largest absolute Gasteiger partial charge is 0.303 e. The maximum Gasteiger partial charge on any atom is 0.137 e. The molecule has 1 saturated carbocycles. The fourth-order valence-electron chi connectivity index (χ4n) is 5.15. The molecule has 3 rings (SSSR count). The van der Waals surface area contributed by atoms with Gasteiger partial charge >= 0.3 is 0 Å². The van der Waals surface area contributed by atoms with E-state index in [9.17, 15) is 4.79 Å². The van der Waals surface area contributed by atoms with Crippen LogP contribution in [0.5, 0.6) is 0 Å². The van der Waals surface area contributed by atoms with Gasteiger partial charge in [0.15, 0.2) is 0 Å². The standard InChI is InChI=1S/C18H32N2O/c1-13-9-14(2)16(18(21)10-13)12-20-8-6-17-15(11-20)5-4-7-19(17)3/h13-17H,4-12H2,1-3H3. The molecule has 0 amide bonds. The minimum Gasteiger partial charge on any atom is -0.303 e. The van der Waals surface area contributed by atoms with Crippen LogP contribution >= 0.6 is 0 Å². The number of hydrogen-bond donors (Lipinski definition) is 0. The van der Waals surface area contributed by atoms with Gasteiger partial charge in [0, 0.05) is 31.5 Å². The minimum absolute atomic E-state index is 0.305. The van der Waals surface area contributed by atoms with Gasteiger partial charge in [0.25, 0.3) is 0 Å². The zero-order valence-electron chi connectivity index (χ0n) is 14.1. The number of carbonyl (C=O) groups excluding carboxylic acids is 1. The second-order valence-electron chi connectivity index (χ2n) is 8.09. The molecule has 21 heavy (non-hydrogen) atoms. The molecule has 5 atom stereocenters. The highest BCUT2D eigenvalue weighted by atomic mass is 16.1. The fraction of sp³-hybridized carbons (Fsp3) is 0.944. The van der Waals surface area contributed by atoms with Crippen molar-refractivity contribution in [3.8, 4) is 0 Å². The van der Waals surface area contributed by atoms with Crippen molar-refractivity contribution in [2.24, 2.45) is 23.7 Å². The smallest absolute Gasteiger partial charge is 0.137 e. The maximum atomic E-state index is 12.4. The van der Waals surface area contributed by atoms with Gasteiger partial charge in [0.1, 0.15) is 5.78 Å². The molecule has 2 saturated heterocycles. The van der Waals surface area contributed by atoms with Crippen molar-refractivity contribution in [1.82, 2.24) is 9.80 Å². The van der Waals surface area contributed by atoms with Crippen LogP contribution in [0.15, 0.2) is 0 Å². The van der Waals surface area contributed by atoms with E-state index in [0.717, 1.165) is 24.9 Å². The first-order valence-electron chi connectivity index (χ1n) is 9.00. The molecule has 5 unspecified atom stereocenters. The van der Waals surface area contributed by atoms with Crippen molar-refractivity contribution in [2.75, 3.05) is 33.2 Å². The Balaban J connectivity index is 1.57. The molecule has 2 heterocycles. The van der Waals surface area contributed by atoms with Crippen LogP contribution in [0, 0.1) is 23.7 Å². The summed E-state index contributed by atoms with van der Waals surface area (Å²) < 4.78 is 0. The van der Waals surface area contributed by atoms with E-state index in [1.54, 1.807) is 0 Å². The molecular formula is C18H32N2O. The number of rotatable bonds is 2. The Kier molecular flexibility index (Phi) is 4.70. The Hall–Kier alpha value is -0.410. The van der Waals surface area contributed by atoms with Crippen molar-refractivity contribution in [3.05, 3.63) is 0 Å². The number of fused-ring (bicyclic) bond motifs is 1. The van der Waals surface area contributed by atoms with E-state index in [1.807, 2.05) is 0 Å². The number of hydrogen-bond acceptors (Lipinski definition) is 3. The van der Waals surface area contributed by atoms with Gasteiger partial charge in [-0.15, -0.1) is 0 Å². The van der Waals surface area contributed by atoms with E-state index in [1.165, 1.54) is 45.3 Å². The van der Waals surface area contributed by atoms with E-state index in [-0.39, 0.29) is 0 Å². The van der Waals surface area contributed by atoms with Crippen molar-refractivity contribution < 1.29 is 4.79 Å². The van der Waals surface area contributed by atoms with Crippen molar-refractivity contribution in [1.29, 1.82) is 0 Å². The zero-order valence-corrected chi connectivity index (χ0v) is 14.1. The van der Waals surface area contributed by atoms with E-state index < -0.39 is 0 Å². The summed E-state index contributed by atoms with van der Waals surface area (Å²) in [6, 6.07) is 0.800. The molecule has 120 valence electrons. The third-order valence-electron chi connectivity index (χ3n) is 6.31. The number of Topliss-reactive ketones (excluding diaryl/α,β-unsaturated/α-hetero) is 1. The van der Waals surface area contributed by atoms with Gasteiger partial charge < -0.3 is 9.80 Å². The van der Waals surface area contributed by atoms with Crippen LogP contribution < -0.4 is 0 Å². The predicted octanol–water partition coefficient (Wildman–Crippen LogP) is 2.65. The quantitative estimate of drug-likeness (QED) is 0.782.